The number of aromatic amines is 1. The standard InChI is InChI=1S/C57H71N5O6Si/c1-57(2,3)69(5,6)68-52(48-32-34-51(63)55-49(48)33-35-54(65)60-55)39-58-38-42-22-25-44(26-23-42)59-53(64)21-13-17-41-24-31-47(43-19-11-8-12-20-43)50(37-41)62(56(66)67)46-29-27-45(28-30-46)61(4)36-14-18-40-15-9-7-10-16-40/h7-12,15-16,19-20,22-26,31-35,37,45-46,52,58,63H,13-14,17-18,21,27-30,36,38-39H2,1-6H3,(H,59,64)(H,60,65)(H,66,67)/t45-,46-,52-/m0/s1. The molecule has 364 valence electrons. The number of nitrogens with zero attached hydrogens (tertiary/aromatic N) is 2. The second kappa shape index (κ2) is 23.0. The van der Waals surface area contributed by atoms with E-state index in [1.54, 1.807) is 17.0 Å². The molecule has 0 saturated heterocycles. The van der Waals surface area contributed by atoms with Gasteiger partial charge in [0.15, 0.2) is 8.32 Å². The quantitative estimate of drug-likeness (QED) is 0.0475. The van der Waals surface area contributed by atoms with Crippen molar-refractivity contribution in [2.75, 3.05) is 30.4 Å². The van der Waals surface area contributed by atoms with Crippen LogP contribution >= 0.6 is 0 Å². The number of hydrogen-bond acceptors (Lipinski definition) is 7. The first-order chi connectivity index (χ1) is 33.1. The van der Waals surface area contributed by atoms with Gasteiger partial charge in [-0.25, -0.2) is 4.79 Å². The zero-order valence-electron chi connectivity index (χ0n) is 41.3. The van der Waals surface area contributed by atoms with Crippen LogP contribution in [0.25, 0.3) is 22.0 Å². The number of benzene rings is 5. The number of aromatic nitrogens is 1. The molecule has 0 aliphatic heterocycles. The van der Waals surface area contributed by atoms with Crippen molar-refractivity contribution in [2.24, 2.45) is 0 Å². The summed E-state index contributed by atoms with van der Waals surface area (Å²) >= 11 is 0. The molecular weight excluding hydrogens is 879 g/mol. The van der Waals surface area contributed by atoms with Crippen LogP contribution < -0.4 is 21.1 Å². The van der Waals surface area contributed by atoms with Gasteiger partial charge in [0.2, 0.25) is 11.5 Å². The van der Waals surface area contributed by atoms with Crippen LogP contribution in [0, 0.1) is 0 Å². The van der Waals surface area contributed by atoms with Gasteiger partial charge in [0.05, 0.1) is 17.3 Å². The zero-order chi connectivity index (χ0) is 49.1. The van der Waals surface area contributed by atoms with Crippen LogP contribution in [0.3, 0.4) is 0 Å². The number of phenols is 1. The Morgan fingerprint density at radius 2 is 1.45 bits per heavy atom. The van der Waals surface area contributed by atoms with E-state index in [2.05, 4.69) is 97.8 Å². The molecular formula is C57H71N5O6Si. The van der Waals surface area contributed by atoms with Crippen LogP contribution in [-0.4, -0.2) is 72.6 Å². The van der Waals surface area contributed by atoms with Crippen molar-refractivity contribution in [1.82, 2.24) is 15.2 Å². The van der Waals surface area contributed by atoms with Gasteiger partial charge >= 0.3 is 6.09 Å². The predicted octanol–water partition coefficient (Wildman–Crippen LogP) is 12.1. The van der Waals surface area contributed by atoms with Crippen LogP contribution in [-0.2, 0) is 28.6 Å². The lowest BCUT2D eigenvalue weighted by Gasteiger charge is -2.39. The minimum Gasteiger partial charge on any atom is -0.506 e. The molecule has 11 nitrogen and oxygen atoms in total. The Bertz CT molecular complexity index is 2700. The summed E-state index contributed by atoms with van der Waals surface area (Å²) in [6.45, 7) is 13.1. The van der Waals surface area contributed by atoms with E-state index in [1.165, 1.54) is 11.6 Å². The maximum atomic E-state index is 13.2. The second-order valence-electron chi connectivity index (χ2n) is 20.3. The molecule has 1 aliphatic carbocycles. The van der Waals surface area contributed by atoms with Gasteiger partial charge in [-0.15, -0.1) is 0 Å². The molecule has 7 rings (SSSR count). The molecule has 0 radical (unpaired) electrons. The highest BCUT2D eigenvalue weighted by Gasteiger charge is 2.40. The Kier molecular flexibility index (Phi) is 17.0. The number of aromatic hydroxyl groups is 1. The lowest BCUT2D eigenvalue weighted by atomic mass is 9.88. The summed E-state index contributed by atoms with van der Waals surface area (Å²) < 4.78 is 6.96. The molecule has 12 heteroatoms. The Morgan fingerprint density at radius 3 is 2.13 bits per heavy atom. The summed E-state index contributed by atoms with van der Waals surface area (Å²) in [5.41, 5.74) is 7.69. The Balaban J connectivity index is 0.938. The van der Waals surface area contributed by atoms with Gasteiger partial charge in [0.1, 0.15) is 5.75 Å². The third kappa shape index (κ3) is 13.4. The maximum absolute atomic E-state index is 13.2. The zero-order valence-corrected chi connectivity index (χ0v) is 42.3. The van der Waals surface area contributed by atoms with Gasteiger partial charge in [-0.05, 0) is 141 Å². The molecule has 0 unspecified atom stereocenters. The summed E-state index contributed by atoms with van der Waals surface area (Å²) in [5, 5.41) is 28.7. The SMILES string of the molecule is CN(CCCc1ccccc1)[C@H]1CC[C@H](N(C(=O)O)c2cc(CCCC(=O)Nc3ccc(CNC[C@H](O[Si](C)(C)C(C)(C)C)c4ccc(O)c5[nH]c(=O)ccc45)cc3)ccc2-c2ccccc2)CC1. The Labute approximate surface area is 409 Å². The fraction of sp³-hybridized carbons (Fsp3) is 0.386. The summed E-state index contributed by atoms with van der Waals surface area (Å²) in [6.07, 6.45) is 5.93. The van der Waals surface area contributed by atoms with Crippen LogP contribution in [0.4, 0.5) is 16.2 Å². The minimum absolute atomic E-state index is 0.0161. The van der Waals surface area contributed by atoms with E-state index in [9.17, 15) is 24.6 Å². The first kappa shape index (κ1) is 50.8. The van der Waals surface area contributed by atoms with E-state index in [0.29, 0.717) is 55.3 Å². The molecule has 1 fully saturated rings. The van der Waals surface area contributed by atoms with Gasteiger partial charge in [0.25, 0.3) is 0 Å². The molecule has 2 amide bonds. The topological polar surface area (TPSA) is 147 Å². The van der Waals surface area contributed by atoms with E-state index in [0.717, 1.165) is 78.3 Å². The van der Waals surface area contributed by atoms with Crippen molar-refractivity contribution < 1.29 is 24.2 Å². The minimum atomic E-state index is -2.23. The third-order valence-corrected chi connectivity index (χ3v) is 18.8. The third-order valence-electron chi connectivity index (χ3n) is 14.3. The number of amides is 2. The number of nitrogens with one attached hydrogen (secondary N) is 3. The average molecular weight is 950 g/mol. The van der Waals surface area contributed by atoms with Crippen LogP contribution in [0.5, 0.6) is 5.75 Å². The molecule has 5 N–H and O–H groups in total. The Hall–Kier alpha value is -6.05. The summed E-state index contributed by atoms with van der Waals surface area (Å²) in [6, 6.07) is 41.5. The number of phenolic OH excluding ortho intramolecular Hbond substituents is 1. The number of aryl methyl sites for hydroxylation is 2. The van der Waals surface area contributed by atoms with Crippen molar-refractivity contribution in [3.63, 3.8) is 0 Å². The Morgan fingerprint density at radius 1 is 0.797 bits per heavy atom. The monoisotopic (exact) mass is 950 g/mol. The molecule has 5 aromatic carbocycles. The van der Waals surface area contributed by atoms with Gasteiger partial charge in [-0.3, -0.25) is 14.5 Å². The number of anilines is 2. The number of carbonyl (C=O) groups is 2. The average Bonchev–Trinajstić information content (AvgIpc) is 3.32. The molecule has 6 aromatic rings. The first-order valence-electron chi connectivity index (χ1n) is 24.6. The van der Waals surface area contributed by atoms with Crippen LogP contribution in [0.2, 0.25) is 18.1 Å². The highest BCUT2D eigenvalue weighted by molar-refractivity contribution is 6.74. The van der Waals surface area contributed by atoms with E-state index in [1.807, 2.05) is 72.8 Å². The summed E-state index contributed by atoms with van der Waals surface area (Å²) in [5.74, 6) is -0.0635. The highest BCUT2D eigenvalue weighted by Crippen LogP contribution is 2.42. The lowest BCUT2D eigenvalue weighted by Crippen LogP contribution is -2.45. The summed E-state index contributed by atoms with van der Waals surface area (Å²) in [7, 11) is -0.0269. The first-order valence-corrected chi connectivity index (χ1v) is 27.5. The molecule has 1 heterocycles. The van der Waals surface area contributed by atoms with E-state index in [-0.39, 0.29) is 34.4 Å². The van der Waals surface area contributed by atoms with E-state index < -0.39 is 14.4 Å². The van der Waals surface area contributed by atoms with Crippen molar-refractivity contribution in [2.45, 2.75) is 121 Å². The van der Waals surface area contributed by atoms with E-state index in [4.69, 9.17) is 4.43 Å². The number of rotatable bonds is 20. The molecule has 1 saturated carbocycles. The van der Waals surface area contributed by atoms with Gasteiger partial charge in [-0.1, -0.05) is 112 Å². The normalized spacial score (nSPS) is 15.8. The van der Waals surface area contributed by atoms with Crippen molar-refractivity contribution >= 4 is 42.6 Å². The van der Waals surface area contributed by atoms with Crippen LogP contribution in [0.1, 0.15) is 94.1 Å². The number of carboxylic acid groups (broad SMARTS) is 1. The number of H-pyrrole nitrogens is 1. The molecule has 69 heavy (non-hydrogen) atoms. The number of carbonyl (C=O) groups excluding carboxylic acids is 1. The van der Waals surface area contributed by atoms with Gasteiger partial charge in [-0.2, -0.15) is 0 Å². The van der Waals surface area contributed by atoms with Crippen molar-refractivity contribution in [1.29, 1.82) is 0 Å². The van der Waals surface area contributed by atoms with Crippen molar-refractivity contribution in [3.8, 4) is 16.9 Å². The number of hydrogen-bond donors (Lipinski definition) is 5. The molecule has 1 atom stereocenters. The molecule has 0 bridgehead atoms. The van der Waals surface area contributed by atoms with Gasteiger partial charge in [0, 0.05) is 54.3 Å². The predicted molar refractivity (Wildman–Crippen MR) is 283 cm³/mol. The smallest absolute Gasteiger partial charge is 0.412 e. The fourth-order valence-electron chi connectivity index (χ4n) is 9.38. The second-order valence-corrected chi connectivity index (χ2v) is 25.0. The molecule has 1 aromatic heterocycles. The largest absolute Gasteiger partial charge is 0.506 e. The summed E-state index contributed by atoms with van der Waals surface area (Å²) in [4.78, 5) is 45.4. The van der Waals surface area contributed by atoms with Crippen LogP contribution in [0.15, 0.2) is 132 Å². The highest BCUT2D eigenvalue weighted by atomic mass is 28.4. The maximum Gasteiger partial charge on any atom is 0.412 e. The lowest BCUT2D eigenvalue weighted by molar-refractivity contribution is -0.116. The molecule has 1 aliphatic rings. The fourth-order valence-corrected chi connectivity index (χ4v) is 10.7. The van der Waals surface area contributed by atoms with E-state index >= 15 is 0 Å². The number of fused-ring (bicyclic) bond motifs is 1. The molecule has 0 spiro atoms. The van der Waals surface area contributed by atoms with Gasteiger partial charge < -0.3 is 35.2 Å². The van der Waals surface area contributed by atoms with Crippen molar-refractivity contribution in [3.05, 3.63) is 160 Å². The number of pyridine rings is 1.